The van der Waals surface area contributed by atoms with E-state index in [0.717, 1.165) is 41.5 Å². The van der Waals surface area contributed by atoms with Gasteiger partial charge in [-0.05, 0) is 63.2 Å². The first-order valence-electron chi connectivity index (χ1n) is 10.7. The number of rotatable bonds is 3. The second-order valence-electron chi connectivity index (χ2n) is 8.41. The average molecular weight is 509 g/mol. The van der Waals surface area contributed by atoms with E-state index < -0.39 is 17.7 Å². The van der Waals surface area contributed by atoms with Crippen LogP contribution in [0.1, 0.15) is 36.1 Å². The van der Waals surface area contributed by atoms with E-state index in [1.165, 1.54) is 11.8 Å². The van der Waals surface area contributed by atoms with E-state index in [2.05, 4.69) is 46.3 Å². The predicted molar refractivity (Wildman–Crippen MR) is 130 cm³/mol. The minimum Gasteiger partial charge on any atom is -0.475 e. The Hall–Kier alpha value is -3.29. The van der Waals surface area contributed by atoms with Gasteiger partial charge in [0.25, 0.3) is 0 Å². The molecule has 1 fully saturated rings. The molecule has 188 valence electrons. The number of nitrogens with one attached hydrogen (secondary N) is 1. The second-order valence-corrected chi connectivity index (χ2v) is 9.52. The molecule has 0 unspecified atom stereocenters. The van der Waals surface area contributed by atoms with E-state index in [4.69, 9.17) is 14.6 Å². The molecule has 1 aliphatic heterocycles. The van der Waals surface area contributed by atoms with E-state index in [9.17, 15) is 18.0 Å². The topological polar surface area (TPSA) is 78.9 Å². The molecule has 0 amide bonds. The third-order valence-corrected chi connectivity index (χ3v) is 5.31. The molecule has 2 N–H and O–H groups in total. The Bertz CT molecular complexity index is 1080. The summed E-state index contributed by atoms with van der Waals surface area (Å²) in [4.78, 5) is 25.0. The Morgan fingerprint density at radius 3 is 2.20 bits per heavy atom. The number of aliphatic carboxylic acids is 1. The van der Waals surface area contributed by atoms with Crippen LogP contribution in [-0.2, 0) is 14.3 Å². The average Bonchev–Trinajstić information content (AvgIpc) is 3.24. The van der Waals surface area contributed by atoms with Crippen LogP contribution in [0.2, 0.25) is 0 Å². The number of carbonyl (C=O) groups is 2. The summed E-state index contributed by atoms with van der Waals surface area (Å²) < 4.78 is 37.0. The van der Waals surface area contributed by atoms with Gasteiger partial charge in [-0.25, -0.2) is 9.59 Å². The number of ether oxygens (including phenoxy) is 1. The number of hydrogen-bond acceptors (Lipinski definition) is 6. The van der Waals surface area contributed by atoms with Crippen molar-refractivity contribution < 1.29 is 32.6 Å². The number of hydrogen-bond donors (Lipinski definition) is 2. The van der Waals surface area contributed by atoms with E-state index in [1.807, 2.05) is 32.9 Å². The fourth-order valence-electron chi connectivity index (χ4n) is 2.81. The lowest BCUT2D eigenvalue weighted by Gasteiger charge is -2.29. The summed E-state index contributed by atoms with van der Waals surface area (Å²) in [5, 5.41) is 10.5. The van der Waals surface area contributed by atoms with Gasteiger partial charge < -0.3 is 20.1 Å². The summed E-state index contributed by atoms with van der Waals surface area (Å²) in [6, 6.07) is 12.4. The van der Waals surface area contributed by atoms with Gasteiger partial charge >= 0.3 is 18.1 Å². The smallest absolute Gasteiger partial charge is 0.475 e. The van der Waals surface area contributed by atoms with Crippen LogP contribution >= 0.6 is 11.3 Å². The van der Waals surface area contributed by atoms with Crippen LogP contribution in [0, 0.1) is 11.8 Å². The van der Waals surface area contributed by atoms with Crippen molar-refractivity contribution in [2.24, 2.45) is 0 Å². The number of thiophene rings is 1. The summed E-state index contributed by atoms with van der Waals surface area (Å²) in [7, 11) is 0. The van der Waals surface area contributed by atoms with Gasteiger partial charge in [0.15, 0.2) is 0 Å². The third-order valence-electron chi connectivity index (χ3n) is 4.34. The monoisotopic (exact) mass is 508 g/mol. The molecule has 0 aliphatic carbocycles. The number of nitrogens with zero attached hydrogens (tertiary/aromatic N) is 1. The summed E-state index contributed by atoms with van der Waals surface area (Å²) in [5.74, 6) is 3.32. The highest BCUT2D eigenvalue weighted by Crippen LogP contribution is 2.19. The van der Waals surface area contributed by atoms with Gasteiger partial charge in [-0.2, -0.15) is 13.2 Å². The Morgan fingerprint density at radius 2 is 1.66 bits per heavy atom. The van der Waals surface area contributed by atoms with Crippen molar-refractivity contribution in [2.75, 3.05) is 31.1 Å². The van der Waals surface area contributed by atoms with Crippen LogP contribution in [0.15, 0.2) is 42.5 Å². The van der Waals surface area contributed by atoms with Gasteiger partial charge in [0.05, 0.1) is 4.88 Å². The molecule has 35 heavy (non-hydrogen) atoms. The molecule has 1 aliphatic rings. The molecule has 0 saturated carbocycles. The summed E-state index contributed by atoms with van der Waals surface area (Å²) in [6.45, 7) is 9.71. The van der Waals surface area contributed by atoms with Crippen LogP contribution in [-0.4, -0.2) is 55.0 Å². The Balaban J connectivity index is 0.000000540. The molecule has 1 aromatic heterocycles. The van der Waals surface area contributed by atoms with Crippen LogP contribution in [0.5, 0.6) is 0 Å². The molecule has 1 aromatic carbocycles. The number of piperazine rings is 1. The van der Waals surface area contributed by atoms with Crippen LogP contribution in [0.3, 0.4) is 0 Å². The van der Waals surface area contributed by atoms with Gasteiger partial charge in [0.2, 0.25) is 0 Å². The number of carboxylic acid groups (broad SMARTS) is 1. The van der Waals surface area contributed by atoms with Crippen molar-refractivity contribution in [2.45, 2.75) is 32.5 Å². The van der Waals surface area contributed by atoms with Gasteiger partial charge in [-0.15, -0.1) is 11.3 Å². The summed E-state index contributed by atoms with van der Waals surface area (Å²) in [6.07, 6.45) is -1.85. The highest BCUT2D eigenvalue weighted by Gasteiger charge is 2.38. The zero-order valence-electron chi connectivity index (χ0n) is 19.6. The van der Waals surface area contributed by atoms with Gasteiger partial charge in [-0.1, -0.05) is 11.8 Å². The normalized spacial score (nSPS) is 13.9. The van der Waals surface area contributed by atoms with Gasteiger partial charge in [0, 0.05) is 48.4 Å². The lowest BCUT2D eigenvalue weighted by molar-refractivity contribution is -0.192. The molecule has 2 heterocycles. The quantitative estimate of drug-likeness (QED) is 0.360. The molecular formula is C25H27F3N2O4S. The van der Waals surface area contributed by atoms with Crippen molar-refractivity contribution in [3.63, 3.8) is 0 Å². The van der Waals surface area contributed by atoms with E-state index >= 15 is 0 Å². The van der Waals surface area contributed by atoms with E-state index in [-0.39, 0.29) is 5.97 Å². The van der Waals surface area contributed by atoms with Gasteiger partial charge in [-0.3, -0.25) is 0 Å². The molecule has 1 saturated heterocycles. The molecule has 10 heteroatoms. The third kappa shape index (κ3) is 10.7. The Morgan fingerprint density at radius 1 is 1.06 bits per heavy atom. The highest BCUT2D eigenvalue weighted by atomic mass is 32.1. The molecule has 2 aromatic rings. The Kier molecular flexibility index (Phi) is 9.92. The standard InChI is InChI=1S/C23H26N2O2S.C2HF3O2/c1-23(2,3)27-22(26)13-12-21-11-10-20(28-21)9-6-18-4-7-19(8-5-18)25-16-14-24-15-17-25;3-2(4,5)1(6)7/h4-5,7-8,10-13,24H,14-17H2,1-3H3;(H,6,7)/b13-12+;. The lowest BCUT2D eigenvalue weighted by Crippen LogP contribution is -2.43. The summed E-state index contributed by atoms with van der Waals surface area (Å²) in [5.41, 5.74) is 1.77. The van der Waals surface area contributed by atoms with Crippen molar-refractivity contribution in [3.05, 3.63) is 57.8 Å². The van der Waals surface area contributed by atoms with E-state index in [1.54, 1.807) is 17.4 Å². The fourth-order valence-corrected chi connectivity index (χ4v) is 3.57. The maximum Gasteiger partial charge on any atom is 0.490 e. The Labute approximate surface area is 206 Å². The largest absolute Gasteiger partial charge is 0.490 e. The van der Waals surface area contributed by atoms with Gasteiger partial charge in [0.1, 0.15) is 5.60 Å². The highest BCUT2D eigenvalue weighted by molar-refractivity contribution is 7.13. The molecule has 0 radical (unpaired) electrons. The molecule has 0 atom stereocenters. The molecule has 3 rings (SSSR count). The molecule has 0 spiro atoms. The SMILES string of the molecule is CC(C)(C)OC(=O)/C=C/c1ccc(C#Cc2ccc(N3CCNCC3)cc2)s1.O=C(O)C(F)(F)F. The number of halogens is 3. The van der Waals surface area contributed by atoms with Crippen LogP contribution in [0.25, 0.3) is 6.08 Å². The summed E-state index contributed by atoms with van der Waals surface area (Å²) >= 11 is 1.55. The number of carboxylic acids is 1. The minimum atomic E-state index is -5.08. The zero-order valence-corrected chi connectivity index (χ0v) is 20.4. The molecule has 6 nitrogen and oxygen atoms in total. The number of carbonyl (C=O) groups excluding carboxylic acids is 1. The first-order chi connectivity index (χ1) is 16.3. The second kappa shape index (κ2) is 12.4. The molecular weight excluding hydrogens is 481 g/mol. The van der Waals surface area contributed by atoms with Crippen molar-refractivity contribution in [1.29, 1.82) is 0 Å². The van der Waals surface area contributed by atoms with Crippen molar-refractivity contribution in [1.82, 2.24) is 5.32 Å². The van der Waals surface area contributed by atoms with Crippen LogP contribution < -0.4 is 10.2 Å². The number of esters is 1. The molecule has 0 bridgehead atoms. The van der Waals surface area contributed by atoms with Crippen molar-refractivity contribution in [3.8, 4) is 11.8 Å². The zero-order chi connectivity index (χ0) is 26.1. The number of anilines is 1. The maximum absolute atomic E-state index is 11.8. The lowest BCUT2D eigenvalue weighted by atomic mass is 10.2. The first kappa shape index (κ1) is 28.0. The van der Waals surface area contributed by atoms with Crippen molar-refractivity contribution >= 4 is 35.0 Å². The number of benzene rings is 1. The fraction of sp³-hybridized carbons (Fsp3) is 0.360. The van der Waals surface area contributed by atoms with Crippen LogP contribution in [0.4, 0.5) is 18.9 Å². The maximum atomic E-state index is 11.8. The van der Waals surface area contributed by atoms with E-state index in [0.29, 0.717) is 0 Å². The minimum absolute atomic E-state index is 0.335. The predicted octanol–water partition coefficient (Wildman–Crippen LogP) is 4.55. The number of alkyl halides is 3. The first-order valence-corrected chi connectivity index (χ1v) is 11.5.